The number of benzene rings is 3. The molecule has 0 amide bonds. The minimum Gasteiger partial charge on any atom is -0.369 e. The Labute approximate surface area is 197 Å². The highest BCUT2D eigenvalue weighted by molar-refractivity contribution is 5.88. The highest BCUT2D eigenvalue weighted by Crippen LogP contribution is 2.22. The molecule has 0 aliphatic rings. The monoisotopic (exact) mass is 439 g/mol. The maximum absolute atomic E-state index is 4.88. The standard InChI is InChI=1S/C28H33N5/c1-32(2)19-9-18-29-28-25-12-7-8-13-26(25)30-27(31-28)21-33(3)20-22-14-16-24(17-15-22)23-10-5-4-6-11-23/h4-8,10-17H,9,18-21H2,1-3H3,(H,29,30,31). The Bertz CT molecular complexity index is 1160. The van der Waals surface area contributed by atoms with E-state index < -0.39 is 0 Å². The first-order valence-corrected chi connectivity index (χ1v) is 11.6. The lowest BCUT2D eigenvalue weighted by Gasteiger charge is -2.18. The zero-order chi connectivity index (χ0) is 23.0. The molecule has 0 saturated heterocycles. The summed E-state index contributed by atoms with van der Waals surface area (Å²) in [5.41, 5.74) is 4.75. The zero-order valence-electron chi connectivity index (χ0n) is 19.8. The third kappa shape index (κ3) is 6.37. The summed E-state index contributed by atoms with van der Waals surface area (Å²) in [7, 11) is 6.32. The lowest BCUT2D eigenvalue weighted by molar-refractivity contribution is 0.311. The van der Waals surface area contributed by atoms with Crippen LogP contribution in [0.15, 0.2) is 78.9 Å². The van der Waals surface area contributed by atoms with Gasteiger partial charge in [-0.2, -0.15) is 0 Å². The minimum absolute atomic E-state index is 0.692. The van der Waals surface area contributed by atoms with Crippen molar-refractivity contribution in [3.8, 4) is 11.1 Å². The van der Waals surface area contributed by atoms with E-state index in [2.05, 4.69) is 96.9 Å². The van der Waals surface area contributed by atoms with Crippen molar-refractivity contribution < 1.29 is 0 Å². The molecule has 33 heavy (non-hydrogen) atoms. The Morgan fingerprint density at radius 2 is 1.42 bits per heavy atom. The van der Waals surface area contributed by atoms with Crippen molar-refractivity contribution in [2.75, 3.05) is 39.5 Å². The molecule has 0 aliphatic carbocycles. The number of anilines is 1. The number of nitrogens with one attached hydrogen (secondary N) is 1. The van der Waals surface area contributed by atoms with Crippen LogP contribution in [0.2, 0.25) is 0 Å². The number of aromatic nitrogens is 2. The minimum atomic E-state index is 0.692. The first-order chi connectivity index (χ1) is 16.1. The van der Waals surface area contributed by atoms with Crippen molar-refractivity contribution in [1.29, 1.82) is 0 Å². The molecule has 0 atom stereocenters. The zero-order valence-corrected chi connectivity index (χ0v) is 19.8. The van der Waals surface area contributed by atoms with Crippen molar-refractivity contribution in [1.82, 2.24) is 19.8 Å². The molecule has 3 aromatic carbocycles. The maximum atomic E-state index is 4.88. The van der Waals surface area contributed by atoms with Crippen LogP contribution in [0.5, 0.6) is 0 Å². The van der Waals surface area contributed by atoms with E-state index in [1.165, 1.54) is 16.7 Å². The van der Waals surface area contributed by atoms with Gasteiger partial charge in [0.25, 0.3) is 0 Å². The van der Waals surface area contributed by atoms with Gasteiger partial charge < -0.3 is 10.2 Å². The molecule has 4 aromatic rings. The van der Waals surface area contributed by atoms with Crippen LogP contribution >= 0.6 is 0 Å². The van der Waals surface area contributed by atoms with Crippen LogP contribution in [0.1, 0.15) is 17.8 Å². The molecule has 0 radical (unpaired) electrons. The predicted octanol–water partition coefficient (Wildman–Crippen LogP) is 5.29. The summed E-state index contributed by atoms with van der Waals surface area (Å²) in [6.07, 6.45) is 1.07. The molecule has 0 aliphatic heterocycles. The average molecular weight is 440 g/mol. The summed E-state index contributed by atoms with van der Waals surface area (Å²) in [5.74, 6) is 1.77. The van der Waals surface area contributed by atoms with E-state index in [9.17, 15) is 0 Å². The van der Waals surface area contributed by atoms with Crippen molar-refractivity contribution >= 4 is 16.7 Å². The average Bonchev–Trinajstić information content (AvgIpc) is 2.82. The molecule has 0 fully saturated rings. The van der Waals surface area contributed by atoms with Gasteiger partial charge in [0.1, 0.15) is 11.6 Å². The van der Waals surface area contributed by atoms with Gasteiger partial charge >= 0.3 is 0 Å². The van der Waals surface area contributed by atoms with E-state index in [0.29, 0.717) is 6.54 Å². The number of hydrogen-bond acceptors (Lipinski definition) is 5. The third-order valence-electron chi connectivity index (χ3n) is 5.65. The van der Waals surface area contributed by atoms with Gasteiger partial charge in [0.05, 0.1) is 12.1 Å². The van der Waals surface area contributed by atoms with Crippen molar-refractivity contribution in [3.05, 3.63) is 90.3 Å². The molecule has 5 nitrogen and oxygen atoms in total. The Hall–Kier alpha value is -3.28. The first-order valence-electron chi connectivity index (χ1n) is 11.6. The van der Waals surface area contributed by atoms with Crippen molar-refractivity contribution in [2.45, 2.75) is 19.5 Å². The number of nitrogens with zero attached hydrogens (tertiary/aromatic N) is 4. The summed E-state index contributed by atoms with van der Waals surface area (Å²) >= 11 is 0. The quantitative estimate of drug-likeness (QED) is 0.340. The number of rotatable bonds is 10. The van der Waals surface area contributed by atoms with Gasteiger partial charge in [0, 0.05) is 18.5 Å². The second kappa shape index (κ2) is 11.0. The van der Waals surface area contributed by atoms with Crippen LogP contribution in [0.25, 0.3) is 22.0 Å². The van der Waals surface area contributed by atoms with Crippen molar-refractivity contribution in [3.63, 3.8) is 0 Å². The van der Waals surface area contributed by atoms with Crippen LogP contribution < -0.4 is 5.32 Å². The van der Waals surface area contributed by atoms with Gasteiger partial charge in [0.15, 0.2) is 0 Å². The van der Waals surface area contributed by atoms with E-state index >= 15 is 0 Å². The Kier molecular flexibility index (Phi) is 7.66. The molecule has 0 saturated carbocycles. The predicted molar refractivity (Wildman–Crippen MR) is 138 cm³/mol. The van der Waals surface area contributed by atoms with Crippen LogP contribution in [-0.2, 0) is 13.1 Å². The van der Waals surface area contributed by atoms with Gasteiger partial charge in [-0.05, 0) is 62.9 Å². The molecule has 1 aromatic heterocycles. The van der Waals surface area contributed by atoms with E-state index in [-0.39, 0.29) is 0 Å². The molecule has 5 heteroatoms. The maximum Gasteiger partial charge on any atom is 0.145 e. The van der Waals surface area contributed by atoms with E-state index in [1.54, 1.807) is 0 Å². The second-order valence-electron chi connectivity index (χ2n) is 8.82. The topological polar surface area (TPSA) is 44.3 Å². The van der Waals surface area contributed by atoms with Gasteiger partial charge in [-0.25, -0.2) is 9.97 Å². The van der Waals surface area contributed by atoms with Crippen LogP contribution in [0.4, 0.5) is 5.82 Å². The second-order valence-corrected chi connectivity index (χ2v) is 8.82. The summed E-state index contributed by atoms with van der Waals surface area (Å²) in [6, 6.07) is 27.5. The Morgan fingerprint density at radius 3 is 2.18 bits per heavy atom. The van der Waals surface area contributed by atoms with Crippen LogP contribution in [0, 0.1) is 0 Å². The van der Waals surface area contributed by atoms with Crippen LogP contribution in [0.3, 0.4) is 0 Å². The third-order valence-corrected chi connectivity index (χ3v) is 5.65. The molecule has 4 rings (SSSR count). The molecule has 170 valence electrons. The van der Waals surface area contributed by atoms with Gasteiger partial charge in [-0.3, -0.25) is 4.90 Å². The van der Waals surface area contributed by atoms with Crippen LogP contribution in [-0.4, -0.2) is 54.0 Å². The molecular formula is C28H33N5. The molecule has 0 spiro atoms. The summed E-state index contributed by atoms with van der Waals surface area (Å²) in [6.45, 7) is 3.48. The van der Waals surface area contributed by atoms with Crippen molar-refractivity contribution in [2.24, 2.45) is 0 Å². The lowest BCUT2D eigenvalue weighted by Crippen LogP contribution is -2.20. The lowest BCUT2D eigenvalue weighted by atomic mass is 10.0. The highest BCUT2D eigenvalue weighted by atomic mass is 15.1. The largest absolute Gasteiger partial charge is 0.369 e. The molecule has 0 bridgehead atoms. The van der Waals surface area contributed by atoms with E-state index in [0.717, 1.165) is 48.6 Å². The molecule has 0 unspecified atom stereocenters. The van der Waals surface area contributed by atoms with E-state index in [4.69, 9.17) is 9.97 Å². The fourth-order valence-electron chi connectivity index (χ4n) is 3.97. The number of hydrogen-bond donors (Lipinski definition) is 1. The van der Waals surface area contributed by atoms with Gasteiger partial charge in [-0.15, -0.1) is 0 Å². The molecule has 1 heterocycles. The fourth-order valence-corrected chi connectivity index (χ4v) is 3.97. The number of fused-ring (bicyclic) bond motifs is 1. The Balaban J connectivity index is 1.43. The SMILES string of the molecule is CN(C)CCCNc1nc(CN(C)Cc2ccc(-c3ccccc3)cc2)nc2ccccc12. The molecule has 1 N–H and O–H groups in total. The highest BCUT2D eigenvalue weighted by Gasteiger charge is 2.10. The van der Waals surface area contributed by atoms with E-state index in [1.807, 2.05) is 18.2 Å². The summed E-state index contributed by atoms with van der Waals surface area (Å²) in [5, 5.41) is 4.61. The molecular weight excluding hydrogens is 406 g/mol. The smallest absolute Gasteiger partial charge is 0.145 e. The Morgan fingerprint density at radius 1 is 0.727 bits per heavy atom. The van der Waals surface area contributed by atoms with Gasteiger partial charge in [0.2, 0.25) is 0 Å². The normalized spacial score (nSPS) is 11.4. The first kappa shape index (κ1) is 22.9. The summed E-state index contributed by atoms with van der Waals surface area (Å²) in [4.78, 5) is 14.2. The number of para-hydroxylation sites is 1. The fraction of sp³-hybridized carbons (Fsp3) is 0.286. The summed E-state index contributed by atoms with van der Waals surface area (Å²) < 4.78 is 0. The van der Waals surface area contributed by atoms with Gasteiger partial charge in [-0.1, -0.05) is 66.7 Å².